The average molecular weight is 701 g/mol. The Morgan fingerprint density at radius 2 is 1.63 bits per heavy atom. The number of hydrogen-bond acceptors (Lipinski definition) is 6. The quantitative estimate of drug-likeness (QED) is 0.162. The molecule has 0 aromatic carbocycles. The van der Waals surface area contributed by atoms with Crippen LogP contribution < -0.4 is 36.2 Å². The normalized spacial score (nSPS) is 22.9. The molecule has 0 radical (unpaired) electrons. The van der Waals surface area contributed by atoms with Crippen LogP contribution in [0.2, 0.25) is 0 Å². The number of esters is 2. The molecule has 51 heavy (non-hydrogen) atoms. The molecule has 1 N–H and O–H groups in total. The van der Waals surface area contributed by atoms with E-state index in [1.165, 1.54) is 7.11 Å². The van der Waals surface area contributed by atoms with E-state index in [4.69, 9.17) is 29.7 Å². The van der Waals surface area contributed by atoms with Gasteiger partial charge in [-0.25, -0.2) is 0 Å². The van der Waals surface area contributed by atoms with Crippen LogP contribution in [-0.4, -0.2) is 65.6 Å². The molecule has 4 atom stereocenters. The van der Waals surface area contributed by atoms with Crippen LogP contribution in [-0.2, 0) is 31.9 Å². The van der Waals surface area contributed by atoms with E-state index in [1.807, 2.05) is 58.9 Å². The summed E-state index contributed by atoms with van der Waals surface area (Å²) >= 11 is 0. The second kappa shape index (κ2) is 15.2. The molecule has 3 aromatic heterocycles. The number of hydrogen-bond donors (Lipinski definition) is 1. The molecule has 10 nitrogen and oxygen atoms in total. The first-order chi connectivity index (χ1) is 23.9. The molecule has 1 fully saturated rings. The zero-order valence-electron chi connectivity index (χ0n) is 30.7. The molecular weight excluding hydrogens is 657 g/mol. The molecule has 1 unspecified atom stereocenters. The van der Waals surface area contributed by atoms with Crippen LogP contribution in [0.4, 0.5) is 0 Å². The number of ketones is 1. The van der Waals surface area contributed by atoms with Crippen molar-refractivity contribution < 1.29 is 29.0 Å². The summed E-state index contributed by atoms with van der Waals surface area (Å²) in [5.74, 6) is -2.95. The third-order valence-corrected chi connectivity index (χ3v) is 10.5. The zero-order chi connectivity index (χ0) is 36.0. The molecule has 6 rings (SSSR count). The zero-order valence-corrected chi connectivity index (χ0v) is 32.1. The Kier molecular flexibility index (Phi) is 11.3. The number of aliphatic hydroxyl groups is 1. The van der Waals surface area contributed by atoms with Gasteiger partial charge in [0, 0.05) is 12.0 Å². The summed E-state index contributed by atoms with van der Waals surface area (Å²) in [6.45, 7) is 14.1. The summed E-state index contributed by atoms with van der Waals surface area (Å²) in [6, 6.07) is -0.622. The predicted octanol–water partition coefficient (Wildman–Crippen LogP) is 2.66. The Labute approximate surface area is 314 Å². The maximum absolute atomic E-state index is 14.2. The maximum Gasteiger partial charge on any atom is 2.00 e. The van der Waals surface area contributed by atoms with Gasteiger partial charge in [0.25, 0.3) is 0 Å². The molecule has 8 bridgehead atoms. The Morgan fingerprint density at radius 1 is 0.941 bits per heavy atom. The standard InChI is InChI=1S/C40H44N4O6.Mg/c1-9-23-20(5)27-15-28-21(6)25(11-12-33(46)50-14-13-19(3)4)37(43-28)35-36(40(48)49-8)39(47)34-22(7)29(44-38(34)35)16-31-24(10-2)26(18-45)32(42-31)17-30(23)41-27;/h13,15-18,21,25,36-37H,9-12,14H2,1-8H3,(H,45,47);/q-4;+2/b28-15-,32-17-;/t21-,25-,36+,37?;/m0./s1. The van der Waals surface area contributed by atoms with Crippen molar-refractivity contribution in [3.63, 3.8) is 0 Å². The van der Waals surface area contributed by atoms with Crippen LogP contribution in [0.15, 0.2) is 17.3 Å². The Hall–Kier alpha value is -4.22. The summed E-state index contributed by atoms with van der Waals surface area (Å²) in [5, 5.41) is 17.8. The molecule has 11 heteroatoms. The second-order valence-electron chi connectivity index (χ2n) is 13.6. The summed E-state index contributed by atoms with van der Waals surface area (Å²) < 4.78 is 10.7. The number of rotatable bonds is 8. The fraction of sp³-hybridized carbons (Fsp3) is 0.425. The van der Waals surface area contributed by atoms with Crippen molar-refractivity contribution in [3.8, 4) is 0 Å². The first-order valence-corrected chi connectivity index (χ1v) is 17.3. The number of aromatic nitrogens is 3. The van der Waals surface area contributed by atoms with Gasteiger partial charge in [0.2, 0.25) is 0 Å². The molecule has 0 saturated carbocycles. The van der Waals surface area contributed by atoms with Crippen LogP contribution in [0, 0.1) is 31.6 Å². The second-order valence-corrected chi connectivity index (χ2v) is 13.6. The van der Waals surface area contributed by atoms with Gasteiger partial charge in [-0.15, -0.1) is 33.1 Å². The van der Waals surface area contributed by atoms with Gasteiger partial charge >= 0.3 is 35.0 Å². The number of carbonyl (C=O) groups excluding carboxylic acids is 3. The van der Waals surface area contributed by atoms with Crippen LogP contribution in [0.25, 0.3) is 35.4 Å². The minimum absolute atomic E-state index is 0. The maximum atomic E-state index is 14.2. The molecule has 1 saturated heterocycles. The van der Waals surface area contributed by atoms with E-state index < -0.39 is 17.9 Å². The van der Waals surface area contributed by atoms with Crippen molar-refractivity contribution in [1.82, 2.24) is 15.0 Å². The van der Waals surface area contributed by atoms with E-state index in [2.05, 4.69) is 13.8 Å². The summed E-state index contributed by atoms with van der Waals surface area (Å²) in [5.41, 5.74) is 8.42. The largest absolute Gasteiger partial charge is 2.00 e. The summed E-state index contributed by atoms with van der Waals surface area (Å²) in [7, 11) is 1.28. The van der Waals surface area contributed by atoms with Crippen LogP contribution in [0.3, 0.4) is 0 Å². The topological polar surface area (TPSA) is 146 Å². The first-order valence-electron chi connectivity index (χ1n) is 17.3. The minimum Gasteiger partial charge on any atom is -0.681 e. The molecule has 0 amide bonds. The number of carbonyl (C=O) groups is 3. The van der Waals surface area contributed by atoms with Gasteiger partial charge in [-0.1, -0.05) is 78.4 Å². The van der Waals surface area contributed by atoms with E-state index in [0.29, 0.717) is 56.5 Å². The Balaban J connectivity index is 0.00000504. The number of Topliss-reactive ketones (excluding diaryl/α,β-unsaturated/α-hetero) is 1. The van der Waals surface area contributed by atoms with E-state index in [9.17, 15) is 19.5 Å². The van der Waals surface area contributed by atoms with Crippen molar-refractivity contribution in [2.45, 2.75) is 80.2 Å². The third-order valence-electron chi connectivity index (χ3n) is 10.5. The predicted molar refractivity (Wildman–Crippen MR) is 197 cm³/mol. The van der Waals surface area contributed by atoms with Crippen molar-refractivity contribution in [2.75, 3.05) is 13.7 Å². The smallest absolute Gasteiger partial charge is 0.681 e. The van der Waals surface area contributed by atoms with E-state index in [1.54, 1.807) is 0 Å². The SMILES string of the molecule is CCc1c2[n-]c(c1C)/C=C1\[N-]C(C3=c4[n-]/c(c(C)c4C(=O)[C@@H]3C(=O)OC)=C\c3[n-]c(/c(=C\O)c3CC)=C\2)[C@@H](CCC(=O)OCC=C(C)C)[C@@H]1C.[Mg+2]. The van der Waals surface area contributed by atoms with Gasteiger partial charge in [-0.3, -0.25) is 14.4 Å². The molecule has 0 spiro atoms. The number of fused-ring (bicyclic) bond motifs is 8. The molecular formula is C40H44MgN4O6-2. The van der Waals surface area contributed by atoms with Gasteiger partial charge in [-0.05, 0) is 70.1 Å². The molecule has 1 aliphatic carbocycles. The molecule has 3 aromatic rings. The third kappa shape index (κ3) is 6.66. The number of methoxy groups -OCH3 is 1. The number of aliphatic hydroxyl groups excluding tert-OH is 1. The van der Waals surface area contributed by atoms with Crippen molar-refractivity contribution >= 4 is 70.8 Å². The number of allylic oxidation sites excluding steroid dienone is 2. The van der Waals surface area contributed by atoms with Gasteiger partial charge in [0.15, 0.2) is 5.78 Å². The number of ether oxygens (including phenoxy) is 2. The Morgan fingerprint density at radius 3 is 2.27 bits per heavy atom. The van der Waals surface area contributed by atoms with E-state index >= 15 is 0 Å². The van der Waals surface area contributed by atoms with Gasteiger partial charge < -0.3 is 34.8 Å². The summed E-state index contributed by atoms with van der Waals surface area (Å²) in [4.78, 5) is 55.5. The van der Waals surface area contributed by atoms with Gasteiger partial charge in [0.1, 0.15) is 12.5 Å². The van der Waals surface area contributed by atoms with Crippen LogP contribution in [0.1, 0.15) is 97.2 Å². The van der Waals surface area contributed by atoms with E-state index in [0.717, 1.165) is 52.0 Å². The molecule has 5 heterocycles. The number of nitrogens with zero attached hydrogens (tertiary/aromatic N) is 4. The fourth-order valence-corrected chi connectivity index (χ4v) is 7.73. The monoisotopic (exact) mass is 700 g/mol. The minimum atomic E-state index is -1.20. The molecule has 3 aliphatic rings. The molecule has 264 valence electrons. The van der Waals surface area contributed by atoms with E-state index in [-0.39, 0.29) is 59.7 Å². The van der Waals surface area contributed by atoms with Crippen LogP contribution >= 0.6 is 0 Å². The summed E-state index contributed by atoms with van der Waals surface area (Å²) in [6.07, 6.45) is 10.6. The fourth-order valence-electron chi connectivity index (χ4n) is 7.73. The average Bonchev–Trinajstić information content (AvgIpc) is 3.83. The Bertz CT molecular complexity index is 2210. The first kappa shape index (κ1) is 38.0. The molecule has 2 aliphatic heterocycles. The van der Waals surface area contributed by atoms with Gasteiger partial charge in [0.05, 0.1) is 13.4 Å². The van der Waals surface area contributed by atoms with Crippen molar-refractivity contribution in [3.05, 3.63) is 88.8 Å². The van der Waals surface area contributed by atoms with Crippen molar-refractivity contribution in [2.24, 2.45) is 17.8 Å². The van der Waals surface area contributed by atoms with Gasteiger partial charge in [-0.2, -0.15) is 5.70 Å². The van der Waals surface area contributed by atoms with Crippen LogP contribution in [0.5, 0.6) is 0 Å². The van der Waals surface area contributed by atoms with Crippen molar-refractivity contribution in [1.29, 1.82) is 0 Å².